The van der Waals surface area contributed by atoms with Crippen molar-refractivity contribution in [3.05, 3.63) is 153 Å². The molecule has 2 aliphatic rings. The quantitative estimate of drug-likeness (QED) is 0.104. The summed E-state index contributed by atoms with van der Waals surface area (Å²) in [6, 6.07) is 29.0. The number of alkyl halides is 3. The van der Waals surface area contributed by atoms with E-state index in [0.717, 1.165) is 61.0 Å². The highest BCUT2D eigenvalue weighted by Gasteiger charge is 2.30. The van der Waals surface area contributed by atoms with E-state index in [2.05, 4.69) is 58.4 Å². The van der Waals surface area contributed by atoms with Gasteiger partial charge in [-0.15, -0.1) is 12.4 Å². The number of ether oxygens (including phenoxy) is 3. The third-order valence-electron chi connectivity index (χ3n) is 9.97. The van der Waals surface area contributed by atoms with Crippen LogP contribution in [0.1, 0.15) is 57.7 Å². The van der Waals surface area contributed by atoms with Gasteiger partial charge in [0.15, 0.2) is 5.75 Å². The van der Waals surface area contributed by atoms with Crippen molar-refractivity contribution in [1.82, 2.24) is 14.8 Å². The summed E-state index contributed by atoms with van der Waals surface area (Å²) in [4.78, 5) is 21.6. The lowest BCUT2D eigenvalue weighted by atomic mass is 10.1. The van der Waals surface area contributed by atoms with Gasteiger partial charge in [0.1, 0.15) is 18.1 Å². The molecule has 7 rings (SSSR count). The fraction of sp³-hybridized carbons (Fsp3) is 0.289. The molecular weight excluding hydrogens is 774 g/mol. The van der Waals surface area contributed by atoms with Crippen molar-refractivity contribution in [3.63, 3.8) is 0 Å². The Morgan fingerprint density at radius 3 is 2.14 bits per heavy atom. The van der Waals surface area contributed by atoms with Crippen LogP contribution < -0.4 is 14.2 Å². The Balaban J connectivity index is 0.00000549. The number of nitrogens with zero attached hydrogens (tertiary/aromatic N) is 3. The maximum absolute atomic E-state index is 13.1. The second-order valence-electron chi connectivity index (χ2n) is 14.3. The average Bonchev–Trinajstić information content (AvgIpc) is 4.05. The number of carbonyl (C=O) groups excluding carboxylic acids is 1. The van der Waals surface area contributed by atoms with Crippen molar-refractivity contribution in [3.8, 4) is 23.1 Å². The average molecular weight is 819 g/mol. The Hall–Kier alpha value is -5.03. The van der Waals surface area contributed by atoms with Gasteiger partial charge in [-0.1, -0.05) is 60.1 Å². The van der Waals surface area contributed by atoms with Gasteiger partial charge >= 0.3 is 6.18 Å². The van der Waals surface area contributed by atoms with Crippen LogP contribution >= 0.6 is 24.0 Å². The van der Waals surface area contributed by atoms with Gasteiger partial charge in [0.25, 0.3) is 0 Å². The van der Waals surface area contributed by atoms with E-state index in [1.165, 1.54) is 47.9 Å². The largest absolute Gasteiger partial charge is 0.493 e. The molecule has 1 aliphatic carbocycles. The topological polar surface area (TPSA) is 64.1 Å². The number of rotatable bonds is 14. The Morgan fingerprint density at radius 2 is 1.51 bits per heavy atom. The molecule has 2 fully saturated rings. The smallest absolute Gasteiger partial charge is 0.416 e. The number of halogens is 5. The molecule has 1 saturated heterocycles. The minimum absolute atomic E-state index is 0. The molecule has 57 heavy (non-hydrogen) atoms. The minimum Gasteiger partial charge on any atom is -0.493 e. The molecule has 7 nitrogen and oxygen atoms in total. The maximum atomic E-state index is 13.1. The maximum Gasteiger partial charge on any atom is 0.416 e. The molecule has 0 atom stereocenters. The highest BCUT2D eigenvalue weighted by Crippen LogP contribution is 2.40. The number of amides is 1. The Labute approximate surface area is 342 Å². The Morgan fingerprint density at radius 1 is 0.842 bits per heavy atom. The Kier molecular flexibility index (Phi) is 13.8. The third-order valence-corrected chi connectivity index (χ3v) is 10.3. The van der Waals surface area contributed by atoms with E-state index in [9.17, 15) is 18.0 Å². The van der Waals surface area contributed by atoms with Crippen LogP contribution in [0.3, 0.4) is 0 Å². The van der Waals surface area contributed by atoms with E-state index in [-0.39, 0.29) is 30.8 Å². The van der Waals surface area contributed by atoms with Gasteiger partial charge in [-0.25, -0.2) is 4.98 Å². The number of piperazine rings is 1. The lowest BCUT2D eigenvalue weighted by Gasteiger charge is -2.34. The minimum atomic E-state index is -4.39. The summed E-state index contributed by atoms with van der Waals surface area (Å²) in [5, 5.41) is 0.366. The first-order valence-corrected chi connectivity index (χ1v) is 19.2. The summed E-state index contributed by atoms with van der Waals surface area (Å²) < 4.78 is 56.0. The van der Waals surface area contributed by atoms with Gasteiger partial charge in [-0.05, 0) is 108 Å². The molecule has 1 aromatic heterocycles. The number of pyridine rings is 1. The molecule has 0 radical (unpaired) electrons. The molecular formula is C45H44Cl2F3N3O4. The van der Waals surface area contributed by atoms with Gasteiger partial charge in [-0.2, -0.15) is 13.2 Å². The summed E-state index contributed by atoms with van der Waals surface area (Å²) in [5.74, 6) is 2.79. The molecule has 4 aromatic carbocycles. The zero-order chi connectivity index (χ0) is 39.1. The molecule has 0 N–H and O–H groups in total. The summed E-state index contributed by atoms with van der Waals surface area (Å²) in [6.07, 6.45) is 3.89. The van der Waals surface area contributed by atoms with Gasteiger partial charge in [0.2, 0.25) is 11.8 Å². The van der Waals surface area contributed by atoms with E-state index >= 15 is 0 Å². The van der Waals surface area contributed by atoms with Gasteiger partial charge < -0.3 is 19.1 Å². The lowest BCUT2D eigenvalue weighted by molar-refractivity contribution is -0.137. The van der Waals surface area contributed by atoms with Crippen molar-refractivity contribution >= 4 is 36.0 Å². The van der Waals surface area contributed by atoms with Crippen LogP contribution in [-0.4, -0.2) is 53.5 Å². The summed E-state index contributed by atoms with van der Waals surface area (Å²) in [6.45, 7) is 6.33. The molecule has 0 unspecified atom stereocenters. The number of hydrogen-bond acceptors (Lipinski definition) is 6. The predicted octanol–water partition coefficient (Wildman–Crippen LogP) is 10.7. The first kappa shape index (κ1) is 41.6. The molecule has 298 valence electrons. The molecule has 5 aromatic rings. The van der Waals surface area contributed by atoms with Crippen molar-refractivity contribution in [2.24, 2.45) is 0 Å². The van der Waals surface area contributed by atoms with Crippen LogP contribution in [0.5, 0.6) is 23.1 Å². The Bertz CT molecular complexity index is 2090. The van der Waals surface area contributed by atoms with Crippen LogP contribution in [0.4, 0.5) is 13.2 Å². The van der Waals surface area contributed by atoms with E-state index in [1.807, 2.05) is 17.9 Å². The number of aryl methyl sites for hydroxylation is 1. The van der Waals surface area contributed by atoms with Gasteiger partial charge in [0.05, 0.1) is 23.4 Å². The number of hydrogen-bond donors (Lipinski definition) is 0. The molecule has 12 heteroatoms. The fourth-order valence-corrected chi connectivity index (χ4v) is 6.88. The molecule has 1 saturated carbocycles. The summed E-state index contributed by atoms with van der Waals surface area (Å²) in [7, 11) is 0. The van der Waals surface area contributed by atoms with Crippen LogP contribution in [0, 0.1) is 6.92 Å². The fourth-order valence-electron chi connectivity index (χ4n) is 6.57. The highest BCUT2D eigenvalue weighted by atomic mass is 35.5. The summed E-state index contributed by atoms with van der Waals surface area (Å²) >= 11 is 6.60. The molecule has 1 aliphatic heterocycles. The molecule has 1 amide bonds. The van der Waals surface area contributed by atoms with Crippen LogP contribution in [0.2, 0.25) is 5.02 Å². The third kappa shape index (κ3) is 11.8. The van der Waals surface area contributed by atoms with Crippen molar-refractivity contribution in [1.29, 1.82) is 0 Å². The van der Waals surface area contributed by atoms with Crippen molar-refractivity contribution in [2.75, 3.05) is 32.8 Å². The first-order chi connectivity index (χ1) is 27.1. The molecule has 0 bridgehead atoms. The van der Waals surface area contributed by atoms with Crippen molar-refractivity contribution < 1.29 is 32.2 Å². The van der Waals surface area contributed by atoms with Gasteiger partial charge in [-0.3, -0.25) is 9.69 Å². The lowest BCUT2D eigenvalue weighted by Crippen LogP contribution is -2.47. The number of benzene rings is 4. The van der Waals surface area contributed by atoms with E-state index in [1.54, 1.807) is 30.4 Å². The van der Waals surface area contributed by atoms with Crippen LogP contribution in [0.15, 0.2) is 109 Å². The first-order valence-electron chi connectivity index (χ1n) is 18.8. The number of carbonyl (C=O) groups is 1. The monoisotopic (exact) mass is 817 g/mol. The predicted molar refractivity (Wildman–Crippen MR) is 218 cm³/mol. The van der Waals surface area contributed by atoms with E-state index < -0.39 is 11.7 Å². The number of aromatic nitrogens is 1. The van der Waals surface area contributed by atoms with Crippen molar-refractivity contribution in [2.45, 2.75) is 51.4 Å². The van der Waals surface area contributed by atoms with Crippen LogP contribution in [-0.2, 0) is 30.5 Å². The zero-order valence-corrected chi connectivity index (χ0v) is 33.1. The summed E-state index contributed by atoms with van der Waals surface area (Å²) in [5.41, 5.74) is 5.33. The molecule has 0 spiro atoms. The molecule has 2 heterocycles. The van der Waals surface area contributed by atoms with Crippen LogP contribution in [0.25, 0.3) is 6.08 Å². The zero-order valence-electron chi connectivity index (χ0n) is 31.5. The van der Waals surface area contributed by atoms with E-state index in [4.69, 9.17) is 25.8 Å². The standard InChI is InChI=1S/C45H43ClF3N3O4.ClH/c1-31-26-35(27-41(46)44(31)56-42-18-17-40(28-50-42)55-30-34-6-13-38(14-7-34)45(47,48)49)8-19-43(53)52-23-21-51(22-24-52)29-33-4-2-32(3-5-33)20-25-54-39-15-11-37(12-16-39)36-9-10-36;/h2-8,11-19,26-28,36H,9-10,20-25,29-30H2,1H3;1H. The highest BCUT2D eigenvalue weighted by molar-refractivity contribution is 6.32. The van der Waals surface area contributed by atoms with Gasteiger partial charge in [0, 0.05) is 51.3 Å². The SMILES string of the molecule is Cc1cc(C=CC(=O)N2CCN(Cc3ccc(CCOc4ccc(C5CC5)cc4)cc3)CC2)cc(Cl)c1Oc1ccc(OCc2ccc(C(F)(F)F)cc2)cn1.Cl. The van der Waals surface area contributed by atoms with E-state index in [0.29, 0.717) is 41.8 Å². The second kappa shape index (κ2) is 18.9. The normalized spacial score (nSPS) is 14.6. The second-order valence-corrected chi connectivity index (χ2v) is 14.7.